The third-order valence-corrected chi connectivity index (χ3v) is 5.59. The van der Waals surface area contributed by atoms with Crippen LogP contribution >= 0.6 is 15.9 Å². The van der Waals surface area contributed by atoms with Crippen LogP contribution in [0.3, 0.4) is 0 Å². The molecule has 112 valence electrons. The number of benzene rings is 2. The number of para-hydroxylation sites is 1. The molecular weight excluding hydrogens is 352 g/mol. The molecule has 0 saturated carbocycles. The summed E-state index contributed by atoms with van der Waals surface area (Å²) in [4.78, 5) is 0.237. The Balaban J connectivity index is 2.50. The lowest BCUT2D eigenvalue weighted by Gasteiger charge is -2.14. The van der Waals surface area contributed by atoms with E-state index in [0.717, 1.165) is 15.6 Å². The summed E-state index contributed by atoms with van der Waals surface area (Å²) in [5.41, 5.74) is 8.49. The van der Waals surface area contributed by atoms with E-state index >= 15 is 0 Å². The number of rotatable bonds is 4. The van der Waals surface area contributed by atoms with E-state index in [-0.39, 0.29) is 11.4 Å². The summed E-state index contributed by atoms with van der Waals surface area (Å²) < 4.78 is 28.6. The van der Waals surface area contributed by atoms with Crippen molar-refractivity contribution >= 4 is 31.6 Å². The van der Waals surface area contributed by atoms with E-state index in [1.165, 1.54) is 0 Å². The Morgan fingerprint density at radius 2 is 1.86 bits per heavy atom. The summed E-state index contributed by atoms with van der Waals surface area (Å²) in [5.74, 6) is 0. The minimum atomic E-state index is -3.66. The first-order chi connectivity index (χ1) is 9.85. The molecule has 0 aliphatic heterocycles. The Hall–Kier alpha value is -1.37. The molecule has 0 aliphatic carbocycles. The molecule has 0 bridgehead atoms. The number of nitrogens with two attached hydrogens (primary N) is 1. The van der Waals surface area contributed by atoms with Crippen LogP contribution in [0.4, 0.5) is 5.69 Å². The molecular formula is C15H17BrN2O2S. The van der Waals surface area contributed by atoms with Crippen LogP contribution in [-0.2, 0) is 16.6 Å². The third kappa shape index (κ3) is 3.45. The van der Waals surface area contributed by atoms with E-state index < -0.39 is 10.0 Å². The summed E-state index contributed by atoms with van der Waals surface area (Å²) in [5, 5.41) is 0. The number of anilines is 1. The zero-order chi connectivity index (χ0) is 15.6. The number of halogens is 1. The van der Waals surface area contributed by atoms with E-state index in [4.69, 9.17) is 5.73 Å². The monoisotopic (exact) mass is 368 g/mol. The number of sulfonamides is 1. The lowest BCUT2D eigenvalue weighted by molar-refractivity contribution is 0.600. The molecule has 0 heterocycles. The van der Waals surface area contributed by atoms with E-state index in [1.807, 2.05) is 25.1 Å². The Bertz CT molecular complexity index is 773. The molecule has 2 aromatic rings. The molecule has 2 rings (SSSR count). The van der Waals surface area contributed by atoms with Crippen molar-refractivity contribution in [1.29, 1.82) is 0 Å². The molecule has 0 saturated heterocycles. The van der Waals surface area contributed by atoms with Crippen molar-refractivity contribution in [3.63, 3.8) is 0 Å². The van der Waals surface area contributed by atoms with Gasteiger partial charge in [-0.15, -0.1) is 0 Å². The van der Waals surface area contributed by atoms with Crippen molar-refractivity contribution in [3.05, 3.63) is 57.6 Å². The van der Waals surface area contributed by atoms with Gasteiger partial charge in [0.1, 0.15) is 0 Å². The van der Waals surface area contributed by atoms with Gasteiger partial charge in [-0.3, -0.25) is 4.72 Å². The largest absolute Gasteiger partial charge is 0.326 e. The van der Waals surface area contributed by atoms with Gasteiger partial charge in [0.05, 0.1) is 10.6 Å². The maximum absolute atomic E-state index is 12.6. The number of nitrogens with one attached hydrogen (secondary N) is 1. The highest BCUT2D eigenvalue weighted by molar-refractivity contribution is 9.10. The molecule has 4 nitrogen and oxygen atoms in total. The molecule has 0 amide bonds. The second kappa shape index (κ2) is 6.17. The molecule has 3 N–H and O–H groups in total. The first-order valence-corrected chi connectivity index (χ1v) is 8.70. The molecule has 0 atom stereocenters. The maximum atomic E-state index is 12.6. The highest BCUT2D eigenvalue weighted by Gasteiger charge is 2.20. The van der Waals surface area contributed by atoms with E-state index in [1.54, 1.807) is 25.1 Å². The summed E-state index contributed by atoms with van der Waals surface area (Å²) in [6.45, 7) is 3.90. The fraction of sp³-hybridized carbons (Fsp3) is 0.200. The Kier molecular flexibility index (Phi) is 4.70. The van der Waals surface area contributed by atoms with Gasteiger partial charge in [-0.1, -0.05) is 34.1 Å². The normalized spacial score (nSPS) is 11.4. The van der Waals surface area contributed by atoms with Crippen LogP contribution in [-0.4, -0.2) is 8.42 Å². The van der Waals surface area contributed by atoms with Gasteiger partial charge in [0.2, 0.25) is 0 Å². The van der Waals surface area contributed by atoms with Gasteiger partial charge in [-0.05, 0) is 48.7 Å². The summed E-state index contributed by atoms with van der Waals surface area (Å²) in [7, 11) is -3.66. The zero-order valence-electron chi connectivity index (χ0n) is 11.9. The molecule has 0 aliphatic rings. The predicted molar refractivity (Wildman–Crippen MR) is 88.8 cm³/mol. The van der Waals surface area contributed by atoms with E-state index in [9.17, 15) is 8.42 Å². The van der Waals surface area contributed by atoms with Crippen LogP contribution in [0.1, 0.15) is 16.7 Å². The molecule has 0 spiro atoms. The summed E-state index contributed by atoms with van der Waals surface area (Å²) >= 11 is 3.38. The standard InChI is InChI=1S/C15H17BrN2O2S/c1-10-5-3-4-6-14(10)18-21(19,20)15-8-12(9-17)7-13(16)11(15)2/h3-8,18H,9,17H2,1-2H3. The van der Waals surface area contributed by atoms with Gasteiger partial charge in [-0.2, -0.15) is 0 Å². The van der Waals surface area contributed by atoms with Crippen molar-refractivity contribution in [2.24, 2.45) is 5.73 Å². The van der Waals surface area contributed by atoms with Crippen LogP contribution in [0.5, 0.6) is 0 Å². The third-order valence-electron chi connectivity index (χ3n) is 3.27. The average Bonchev–Trinajstić information content (AvgIpc) is 2.43. The van der Waals surface area contributed by atoms with Crippen molar-refractivity contribution in [2.75, 3.05) is 4.72 Å². The average molecular weight is 369 g/mol. The van der Waals surface area contributed by atoms with Gasteiger partial charge < -0.3 is 5.73 Å². The highest BCUT2D eigenvalue weighted by atomic mass is 79.9. The lowest BCUT2D eigenvalue weighted by atomic mass is 10.1. The first-order valence-electron chi connectivity index (χ1n) is 6.42. The van der Waals surface area contributed by atoms with Gasteiger partial charge in [0.25, 0.3) is 10.0 Å². The van der Waals surface area contributed by atoms with Crippen LogP contribution in [0, 0.1) is 13.8 Å². The van der Waals surface area contributed by atoms with Crippen LogP contribution in [0.2, 0.25) is 0 Å². The van der Waals surface area contributed by atoms with E-state index in [2.05, 4.69) is 20.7 Å². The lowest BCUT2D eigenvalue weighted by Crippen LogP contribution is -2.16. The Labute approximate surface area is 133 Å². The predicted octanol–water partition coefficient (Wildman–Crippen LogP) is 3.33. The smallest absolute Gasteiger partial charge is 0.262 e. The van der Waals surface area contributed by atoms with Crippen molar-refractivity contribution in [1.82, 2.24) is 0 Å². The van der Waals surface area contributed by atoms with Crippen molar-refractivity contribution in [3.8, 4) is 0 Å². The first kappa shape index (κ1) is 16.0. The van der Waals surface area contributed by atoms with Crippen molar-refractivity contribution < 1.29 is 8.42 Å². The minimum absolute atomic E-state index is 0.237. The van der Waals surface area contributed by atoms with Crippen molar-refractivity contribution in [2.45, 2.75) is 25.3 Å². The minimum Gasteiger partial charge on any atom is -0.326 e. The molecule has 0 fully saturated rings. The zero-order valence-corrected chi connectivity index (χ0v) is 14.3. The van der Waals surface area contributed by atoms with Crippen LogP contribution in [0.25, 0.3) is 0 Å². The van der Waals surface area contributed by atoms with Gasteiger partial charge in [0, 0.05) is 11.0 Å². The maximum Gasteiger partial charge on any atom is 0.262 e. The van der Waals surface area contributed by atoms with Gasteiger partial charge in [-0.25, -0.2) is 8.42 Å². The van der Waals surface area contributed by atoms with Gasteiger partial charge >= 0.3 is 0 Å². The molecule has 6 heteroatoms. The molecule has 21 heavy (non-hydrogen) atoms. The summed E-state index contributed by atoms with van der Waals surface area (Å²) in [6, 6.07) is 10.7. The number of hydrogen-bond donors (Lipinski definition) is 2. The Morgan fingerprint density at radius 1 is 1.19 bits per heavy atom. The number of hydrogen-bond acceptors (Lipinski definition) is 3. The van der Waals surface area contributed by atoms with E-state index in [0.29, 0.717) is 11.3 Å². The van der Waals surface area contributed by atoms with Gasteiger partial charge in [0.15, 0.2) is 0 Å². The number of aryl methyl sites for hydroxylation is 1. The second-order valence-electron chi connectivity index (χ2n) is 4.83. The molecule has 0 aromatic heterocycles. The fourth-order valence-electron chi connectivity index (χ4n) is 1.99. The quantitative estimate of drug-likeness (QED) is 0.869. The highest BCUT2D eigenvalue weighted by Crippen LogP contribution is 2.28. The molecule has 2 aromatic carbocycles. The Morgan fingerprint density at radius 3 is 2.48 bits per heavy atom. The molecule has 0 radical (unpaired) electrons. The SMILES string of the molecule is Cc1ccccc1NS(=O)(=O)c1cc(CN)cc(Br)c1C. The topological polar surface area (TPSA) is 72.2 Å². The fourth-order valence-corrected chi connectivity index (χ4v) is 4.08. The van der Waals surface area contributed by atoms with Crippen LogP contribution in [0.15, 0.2) is 45.8 Å². The second-order valence-corrected chi connectivity index (χ2v) is 7.33. The molecule has 0 unspecified atom stereocenters. The summed E-state index contributed by atoms with van der Waals surface area (Å²) in [6.07, 6.45) is 0. The van der Waals surface area contributed by atoms with Crippen LogP contribution < -0.4 is 10.5 Å².